The molecule has 1 amide bonds. The Hall–Kier alpha value is -2.53. The van der Waals surface area contributed by atoms with Gasteiger partial charge in [-0.25, -0.2) is 0 Å². The Balaban J connectivity index is 1.26. The number of phenols is 1. The van der Waals surface area contributed by atoms with Crippen LogP contribution in [-0.4, -0.2) is 48.6 Å². The largest absolute Gasteiger partial charge is 0.508 e. The zero-order valence-electron chi connectivity index (χ0n) is 17.2. The number of nitrogens with zero attached hydrogens (tertiary/aromatic N) is 2. The van der Waals surface area contributed by atoms with Gasteiger partial charge in [0.15, 0.2) is 0 Å². The van der Waals surface area contributed by atoms with E-state index >= 15 is 0 Å². The van der Waals surface area contributed by atoms with Crippen molar-refractivity contribution in [1.29, 1.82) is 0 Å². The molecule has 29 heavy (non-hydrogen) atoms. The second-order valence-electron chi connectivity index (χ2n) is 8.30. The smallest absolute Gasteiger partial charge is 0.234 e. The van der Waals surface area contributed by atoms with Crippen molar-refractivity contribution in [2.75, 3.05) is 37.6 Å². The highest BCUT2D eigenvalue weighted by molar-refractivity contribution is 5.78. The lowest BCUT2D eigenvalue weighted by Gasteiger charge is -2.35. The number of rotatable bonds is 5. The highest BCUT2D eigenvalue weighted by atomic mass is 16.3. The van der Waals surface area contributed by atoms with E-state index in [1.54, 1.807) is 12.1 Å². The molecule has 0 spiro atoms. The van der Waals surface area contributed by atoms with Crippen LogP contribution in [0.1, 0.15) is 42.5 Å². The van der Waals surface area contributed by atoms with Crippen molar-refractivity contribution in [1.82, 2.24) is 10.2 Å². The molecule has 1 fully saturated rings. The van der Waals surface area contributed by atoms with Gasteiger partial charge in [-0.1, -0.05) is 18.2 Å². The fourth-order valence-corrected chi connectivity index (χ4v) is 4.42. The highest BCUT2D eigenvalue weighted by Gasteiger charge is 2.20. The van der Waals surface area contributed by atoms with Crippen LogP contribution in [0, 0.1) is 0 Å². The Labute approximate surface area is 173 Å². The second kappa shape index (κ2) is 8.87. The topological polar surface area (TPSA) is 55.8 Å². The summed E-state index contributed by atoms with van der Waals surface area (Å²) < 4.78 is 0. The fourth-order valence-electron chi connectivity index (χ4n) is 4.42. The minimum atomic E-state index is 0.0352. The fraction of sp³-hybridized carbons (Fsp3) is 0.458. The van der Waals surface area contributed by atoms with Crippen LogP contribution in [0.5, 0.6) is 5.75 Å². The molecule has 2 aromatic carbocycles. The number of hydrogen-bond donors (Lipinski definition) is 2. The number of hydrogen-bond acceptors (Lipinski definition) is 4. The molecule has 154 valence electrons. The summed E-state index contributed by atoms with van der Waals surface area (Å²) in [6, 6.07) is 14.1. The van der Waals surface area contributed by atoms with E-state index in [9.17, 15) is 9.90 Å². The molecule has 4 rings (SSSR count). The molecule has 0 radical (unpaired) electrons. The van der Waals surface area contributed by atoms with Crippen molar-refractivity contribution in [2.45, 2.75) is 38.6 Å². The highest BCUT2D eigenvalue weighted by Crippen LogP contribution is 2.25. The van der Waals surface area contributed by atoms with Crippen LogP contribution >= 0.6 is 0 Å². The number of anilines is 1. The maximum Gasteiger partial charge on any atom is 0.234 e. The van der Waals surface area contributed by atoms with Gasteiger partial charge in [-0.3, -0.25) is 9.69 Å². The zero-order chi connectivity index (χ0) is 20.2. The summed E-state index contributed by atoms with van der Waals surface area (Å²) >= 11 is 0. The molecule has 2 N–H and O–H groups in total. The Morgan fingerprint density at radius 3 is 2.41 bits per heavy atom. The summed E-state index contributed by atoms with van der Waals surface area (Å²) in [5, 5.41) is 12.6. The number of benzene rings is 2. The monoisotopic (exact) mass is 393 g/mol. The molecule has 5 heteroatoms. The lowest BCUT2D eigenvalue weighted by molar-refractivity contribution is -0.123. The van der Waals surface area contributed by atoms with Crippen LogP contribution in [0.4, 0.5) is 5.69 Å². The van der Waals surface area contributed by atoms with E-state index in [4.69, 9.17) is 0 Å². The van der Waals surface area contributed by atoms with Gasteiger partial charge in [0.2, 0.25) is 5.91 Å². The van der Waals surface area contributed by atoms with Crippen LogP contribution in [0.25, 0.3) is 0 Å². The number of fused-ring (bicyclic) bond motifs is 1. The van der Waals surface area contributed by atoms with Gasteiger partial charge < -0.3 is 15.3 Å². The van der Waals surface area contributed by atoms with Crippen LogP contribution in [0.3, 0.4) is 0 Å². The van der Waals surface area contributed by atoms with Crippen molar-refractivity contribution in [3.63, 3.8) is 0 Å². The summed E-state index contributed by atoms with van der Waals surface area (Å²) in [4.78, 5) is 17.1. The van der Waals surface area contributed by atoms with Crippen LogP contribution in [0.15, 0.2) is 42.5 Å². The van der Waals surface area contributed by atoms with Gasteiger partial charge in [-0.15, -0.1) is 0 Å². The molecule has 2 aliphatic rings. The van der Waals surface area contributed by atoms with Crippen molar-refractivity contribution in [2.24, 2.45) is 0 Å². The number of phenolic OH excluding ortho intramolecular Hbond substituents is 1. The summed E-state index contributed by atoms with van der Waals surface area (Å²) in [5.41, 5.74) is 5.26. The van der Waals surface area contributed by atoms with E-state index in [1.807, 2.05) is 12.1 Å². The zero-order valence-corrected chi connectivity index (χ0v) is 17.2. The molecule has 1 heterocycles. The molecule has 1 unspecified atom stereocenters. The molecule has 0 aromatic heterocycles. The van der Waals surface area contributed by atoms with Gasteiger partial charge in [0.05, 0.1) is 12.6 Å². The second-order valence-corrected chi connectivity index (χ2v) is 8.30. The minimum Gasteiger partial charge on any atom is -0.508 e. The molecule has 1 saturated heterocycles. The van der Waals surface area contributed by atoms with Gasteiger partial charge in [0, 0.05) is 31.9 Å². The summed E-state index contributed by atoms with van der Waals surface area (Å²) in [6.07, 6.45) is 4.91. The minimum absolute atomic E-state index is 0.0352. The number of piperazine rings is 1. The number of aryl methyl sites for hydroxylation is 2. The molecule has 1 aliphatic carbocycles. The Kier molecular flexibility index (Phi) is 6.05. The SMILES string of the molecule is CC(NC(=O)CN1CCN(c2ccc(O)cc2)CC1)c1ccc2c(c1)CCCC2. The van der Waals surface area contributed by atoms with E-state index in [1.165, 1.54) is 36.0 Å². The van der Waals surface area contributed by atoms with Gasteiger partial charge in [0.1, 0.15) is 5.75 Å². The van der Waals surface area contributed by atoms with Gasteiger partial charge in [-0.2, -0.15) is 0 Å². The molecular weight excluding hydrogens is 362 g/mol. The van der Waals surface area contributed by atoms with Crippen LogP contribution < -0.4 is 10.2 Å². The third-order valence-corrected chi connectivity index (χ3v) is 6.20. The van der Waals surface area contributed by atoms with Crippen molar-refractivity contribution >= 4 is 11.6 Å². The number of nitrogens with one attached hydrogen (secondary N) is 1. The first-order chi connectivity index (χ1) is 14.1. The van der Waals surface area contributed by atoms with Crippen molar-refractivity contribution in [3.8, 4) is 5.75 Å². The molecule has 5 nitrogen and oxygen atoms in total. The number of aromatic hydroxyl groups is 1. The van der Waals surface area contributed by atoms with E-state index in [0.29, 0.717) is 6.54 Å². The quantitative estimate of drug-likeness (QED) is 0.819. The average molecular weight is 394 g/mol. The third kappa shape index (κ3) is 4.91. The van der Waals surface area contributed by atoms with E-state index < -0.39 is 0 Å². The lowest BCUT2D eigenvalue weighted by atomic mass is 9.89. The first-order valence-corrected chi connectivity index (χ1v) is 10.8. The van der Waals surface area contributed by atoms with E-state index in [-0.39, 0.29) is 17.7 Å². The molecule has 1 aliphatic heterocycles. The summed E-state index contributed by atoms with van der Waals surface area (Å²) in [6.45, 7) is 6.02. The normalized spacial score (nSPS) is 18.2. The Morgan fingerprint density at radius 1 is 1.00 bits per heavy atom. The standard InChI is InChI=1S/C24H31N3O2/c1-18(20-7-6-19-4-2-3-5-21(19)16-20)25-24(29)17-26-12-14-27(15-13-26)22-8-10-23(28)11-9-22/h6-11,16,18,28H,2-5,12-15,17H2,1H3,(H,25,29). The first kappa shape index (κ1) is 19.8. The summed E-state index contributed by atoms with van der Waals surface area (Å²) in [5.74, 6) is 0.380. The molecule has 2 aromatic rings. The molecular formula is C24H31N3O2. The molecule has 0 saturated carbocycles. The van der Waals surface area contributed by atoms with E-state index in [2.05, 4.69) is 40.2 Å². The van der Waals surface area contributed by atoms with Crippen molar-refractivity contribution in [3.05, 3.63) is 59.2 Å². The predicted molar refractivity (Wildman–Crippen MR) is 116 cm³/mol. The molecule has 1 atom stereocenters. The van der Waals surface area contributed by atoms with E-state index in [0.717, 1.165) is 38.3 Å². The lowest BCUT2D eigenvalue weighted by Crippen LogP contribution is -2.49. The Bertz CT molecular complexity index is 842. The van der Waals surface area contributed by atoms with Gasteiger partial charge in [-0.05, 0) is 73.6 Å². The number of amides is 1. The van der Waals surface area contributed by atoms with Gasteiger partial charge in [0.25, 0.3) is 0 Å². The predicted octanol–water partition coefficient (Wildman–Crippen LogP) is 3.27. The van der Waals surface area contributed by atoms with Crippen LogP contribution in [0.2, 0.25) is 0 Å². The number of carbonyl (C=O) groups excluding carboxylic acids is 1. The maximum absolute atomic E-state index is 12.6. The Morgan fingerprint density at radius 2 is 1.69 bits per heavy atom. The maximum atomic E-state index is 12.6. The summed E-state index contributed by atoms with van der Waals surface area (Å²) in [7, 11) is 0. The first-order valence-electron chi connectivity index (χ1n) is 10.8. The average Bonchev–Trinajstić information content (AvgIpc) is 2.74. The third-order valence-electron chi connectivity index (χ3n) is 6.20. The van der Waals surface area contributed by atoms with Crippen molar-refractivity contribution < 1.29 is 9.90 Å². The number of carbonyl (C=O) groups is 1. The van der Waals surface area contributed by atoms with Crippen LogP contribution in [-0.2, 0) is 17.6 Å². The van der Waals surface area contributed by atoms with Gasteiger partial charge >= 0.3 is 0 Å². The molecule has 0 bridgehead atoms.